The van der Waals surface area contributed by atoms with Crippen LogP contribution in [0.15, 0.2) is 83.8 Å². The highest BCUT2D eigenvalue weighted by molar-refractivity contribution is 7.92. The first kappa shape index (κ1) is 27.0. The van der Waals surface area contributed by atoms with E-state index in [2.05, 4.69) is 55.7 Å². The van der Waals surface area contributed by atoms with E-state index in [9.17, 15) is 8.42 Å². The number of benzene rings is 3. The molecule has 0 atom stereocenters. The number of sulfonamides is 1. The van der Waals surface area contributed by atoms with Crippen molar-refractivity contribution in [1.82, 2.24) is 9.80 Å². The second kappa shape index (κ2) is 13.0. The Morgan fingerprint density at radius 1 is 0.892 bits per heavy atom. The lowest BCUT2D eigenvalue weighted by atomic mass is 10.1. The molecule has 3 aromatic rings. The van der Waals surface area contributed by atoms with Crippen molar-refractivity contribution in [3.63, 3.8) is 0 Å². The van der Waals surface area contributed by atoms with Crippen molar-refractivity contribution in [1.29, 1.82) is 0 Å². The lowest BCUT2D eigenvalue weighted by molar-refractivity contribution is 0.208. The van der Waals surface area contributed by atoms with Crippen molar-refractivity contribution < 1.29 is 8.42 Å². The molecule has 1 heterocycles. The van der Waals surface area contributed by atoms with Crippen LogP contribution in [-0.4, -0.2) is 70.6 Å². The van der Waals surface area contributed by atoms with Crippen LogP contribution in [-0.2, 0) is 16.4 Å². The summed E-state index contributed by atoms with van der Waals surface area (Å²) in [5.41, 5.74) is 2.95. The number of halogens is 1. The Kier molecular flexibility index (Phi) is 9.48. The predicted octanol–water partition coefficient (Wildman–Crippen LogP) is 4.44. The van der Waals surface area contributed by atoms with Crippen molar-refractivity contribution in [3.8, 4) is 12.3 Å². The molecule has 1 N–H and O–H groups in total. The molecule has 1 fully saturated rings. The zero-order valence-electron chi connectivity index (χ0n) is 20.9. The predicted molar refractivity (Wildman–Crippen MR) is 153 cm³/mol. The number of hydrogen-bond acceptors (Lipinski definition) is 5. The molecule has 4 rings (SSSR count). The number of nitrogens with one attached hydrogen (secondary N) is 1. The summed E-state index contributed by atoms with van der Waals surface area (Å²) < 4.78 is 27.8. The summed E-state index contributed by atoms with van der Waals surface area (Å²) >= 11 is 5.86. The van der Waals surface area contributed by atoms with Crippen molar-refractivity contribution in [3.05, 3.63) is 89.4 Å². The van der Waals surface area contributed by atoms with E-state index in [4.69, 9.17) is 18.0 Å². The fourth-order valence-corrected chi connectivity index (χ4v) is 5.59. The third-order valence-electron chi connectivity index (χ3n) is 6.59. The molecular weight excluding hydrogens is 504 g/mol. The van der Waals surface area contributed by atoms with E-state index in [0.717, 1.165) is 57.8 Å². The number of terminal acetylenes is 1. The molecule has 0 saturated carbocycles. The van der Waals surface area contributed by atoms with Gasteiger partial charge in [0.1, 0.15) is 0 Å². The second-order valence-corrected chi connectivity index (χ2v) is 11.3. The van der Waals surface area contributed by atoms with Crippen molar-refractivity contribution in [2.24, 2.45) is 0 Å². The molecule has 194 valence electrons. The average Bonchev–Trinajstić information content (AvgIpc) is 2.92. The number of para-hydroxylation sites is 1. The van der Waals surface area contributed by atoms with Crippen LogP contribution < -0.4 is 9.62 Å². The van der Waals surface area contributed by atoms with Gasteiger partial charge in [0.25, 0.3) is 10.0 Å². The minimum Gasteiger partial charge on any atom is -0.369 e. The maximum absolute atomic E-state index is 12.6. The molecule has 0 aliphatic carbocycles. The van der Waals surface area contributed by atoms with Gasteiger partial charge < -0.3 is 4.90 Å². The molecule has 0 radical (unpaired) electrons. The Bertz CT molecular complexity index is 1270. The van der Waals surface area contributed by atoms with Crippen LogP contribution in [0.2, 0.25) is 5.02 Å². The fourth-order valence-electron chi connectivity index (χ4n) is 4.40. The lowest BCUT2D eigenvalue weighted by Gasteiger charge is -2.37. The summed E-state index contributed by atoms with van der Waals surface area (Å²) in [5, 5.41) is 0.493. The largest absolute Gasteiger partial charge is 0.369 e. The smallest absolute Gasteiger partial charge is 0.261 e. The zero-order chi connectivity index (χ0) is 26.1. The van der Waals surface area contributed by atoms with Gasteiger partial charge in [-0.3, -0.25) is 14.5 Å². The van der Waals surface area contributed by atoms with E-state index < -0.39 is 10.0 Å². The quantitative estimate of drug-likeness (QED) is 0.367. The highest BCUT2D eigenvalue weighted by atomic mass is 35.5. The molecule has 1 aliphatic heterocycles. The normalized spacial score (nSPS) is 14.5. The summed E-state index contributed by atoms with van der Waals surface area (Å²) in [6.07, 6.45) is 6.48. The zero-order valence-corrected chi connectivity index (χ0v) is 22.5. The van der Waals surface area contributed by atoms with Crippen LogP contribution in [0.25, 0.3) is 0 Å². The van der Waals surface area contributed by atoms with Crippen LogP contribution in [0.5, 0.6) is 0 Å². The molecule has 0 amide bonds. The van der Waals surface area contributed by atoms with Crippen LogP contribution >= 0.6 is 11.6 Å². The number of rotatable bonds is 11. The summed E-state index contributed by atoms with van der Waals surface area (Å²) in [4.78, 5) is 7.42. The van der Waals surface area contributed by atoms with Crippen LogP contribution in [0.3, 0.4) is 0 Å². The third kappa shape index (κ3) is 7.98. The number of piperazine rings is 1. The Labute approximate surface area is 225 Å². The van der Waals surface area contributed by atoms with Crippen LogP contribution in [0.1, 0.15) is 5.56 Å². The van der Waals surface area contributed by atoms with E-state index >= 15 is 0 Å². The molecule has 3 aromatic carbocycles. The third-order valence-corrected chi connectivity index (χ3v) is 8.24. The van der Waals surface area contributed by atoms with E-state index in [1.165, 1.54) is 17.8 Å². The Balaban J connectivity index is 1.23. The maximum atomic E-state index is 12.6. The van der Waals surface area contributed by atoms with Crippen molar-refractivity contribution in [2.75, 3.05) is 62.0 Å². The Hall–Kier alpha value is -3.02. The van der Waals surface area contributed by atoms with Gasteiger partial charge in [-0.25, -0.2) is 8.42 Å². The maximum Gasteiger partial charge on any atom is 0.261 e. The lowest BCUT2D eigenvalue weighted by Crippen LogP contribution is -2.48. The summed E-state index contributed by atoms with van der Waals surface area (Å²) in [7, 11) is -3.66. The van der Waals surface area contributed by atoms with Gasteiger partial charge in [-0.2, -0.15) is 0 Å². The minimum atomic E-state index is -3.66. The summed E-state index contributed by atoms with van der Waals surface area (Å²) in [6, 6.07) is 24.2. The molecule has 1 saturated heterocycles. The summed E-state index contributed by atoms with van der Waals surface area (Å²) in [6.45, 7) is 7.55. The molecule has 1 aliphatic rings. The van der Waals surface area contributed by atoms with Crippen molar-refractivity contribution in [2.45, 2.75) is 11.3 Å². The van der Waals surface area contributed by atoms with Crippen LogP contribution in [0, 0.1) is 12.3 Å². The first-order chi connectivity index (χ1) is 17.9. The molecule has 0 aromatic heterocycles. The molecule has 0 bridgehead atoms. The van der Waals surface area contributed by atoms with Crippen molar-refractivity contribution >= 4 is 33.0 Å². The molecular formula is C29H33ClN4O2S. The highest BCUT2D eigenvalue weighted by Gasteiger charge is 2.18. The first-order valence-electron chi connectivity index (χ1n) is 12.5. The molecule has 0 spiro atoms. The van der Waals surface area contributed by atoms with Gasteiger partial charge in [0.2, 0.25) is 0 Å². The van der Waals surface area contributed by atoms with E-state index in [0.29, 0.717) is 17.3 Å². The average molecular weight is 537 g/mol. The molecule has 6 nitrogen and oxygen atoms in total. The fraction of sp³-hybridized carbons (Fsp3) is 0.310. The monoisotopic (exact) mass is 536 g/mol. The SMILES string of the molecule is C#CCN(CCc1ccc(NS(=O)(=O)c2ccc(Cl)cc2)cc1)CCN1CCN(c2ccccc2)CC1. The minimum absolute atomic E-state index is 0.174. The highest BCUT2D eigenvalue weighted by Crippen LogP contribution is 2.19. The number of nitrogens with zero attached hydrogens (tertiary/aromatic N) is 3. The number of hydrogen-bond donors (Lipinski definition) is 1. The number of anilines is 2. The van der Waals surface area contributed by atoms with Gasteiger partial charge in [-0.1, -0.05) is 47.9 Å². The molecule has 0 unspecified atom stereocenters. The first-order valence-corrected chi connectivity index (χ1v) is 14.3. The van der Waals surface area contributed by atoms with Crippen LogP contribution in [0.4, 0.5) is 11.4 Å². The standard InChI is InChI=1S/C29H33ClN4O2S/c1-2-17-32(19-20-33-21-23-34(24-22-33)28-6-4-3-5-7-28)18-16-25-8-12-27(13-9-25)31-37(35,36)29-14-10-26(30)11-15-29/h1,3-15,31H,16-24H2. The summed E-state index contributed by atoms with van der Waals surface area (Å²) in [5.74, 6) is 2.79. The van der Waals surface area contributed by atoms with E-state index in [1.807, 2.05) is 12.1 Å². The van der Waals surface area contributed by atoms with E-state index in [-0.39, 0.29) is 4.90 Å². The van der Waals surface area contributed by atoms with Gasteiger partial charge in [0.15, 0.2) is 0 Å². The van der Waals surface area contributed by atoms with Gasteiger partial charge in [0, 0.05) is 62.2 Å². The Morgan fingerprint density at radius 3 is 2.22 bits per heavy atom. The van der Waals surface area contributed by atoms with E-state index in [1.54, 1.807) is 24.3 Å². The topological polar surface area (TPSA) is 55.9 Å². The van der Waals surface area contributed by atoms with Gasteiger partial charge in [0.05, 0.1) is 11.4 Å². The molecule has 37 heavy (non-hydrogen) atoms. The van der Waals surface area contributed by atoms with Gasteiger partial charge >= 0.3 is 0 Å². The second-order valence-electron chi connectivity index (χ2n) is 9.15. The van der Waals surface area contributed by atoms with Gasteiger partial charge in [-0.05, 0) is 60.5 Å². The molecule has 8 heteroatoms. The van der Waals surface area contributed by atoms with Gasteiger partial charge in [-0.15, -0.1) is 6.42 Å². The Morgan fingerprint density at radius 2 is 1.57 bits per heavy atom.